The van der Waals surface area contributed by atoms with Gasteiger partial charge in [0.05, 0.1) is 4.92 Å². The smallest absolute Gasteiger partial charge is 0.261 e. The zero-order valence-corrected chi connectivity index (χ0v) is 15.7. The second-order valence-corrected chi connectivity index (χ2v) is 8.16. The van der Waals surface area contributed by atoms with E-state index in [4.69, 9.17) is 0 Å². The van der Waals surface area contributed by atoms with Crippen molar-refractivity contribution in [2.45, 2.75) is 43.4 Å². The average molecular weight is 377 g/mol. The molecular formula is C18H23N3O4S. The molecule has 0 bridgehead atoms. The highest BCUT2D eigenvalue weighted by molar-refractivity contribution is 7.89. The number of pyridine rings is 1. The monoisotopic (exact) mass is 377 g/mol. The predicted molar refractivity (Wildman–Crippen MR) is 99.4 cm³/mol. The van der Waals surface area contributed by atoms with Crippen molar-refractivity contribution in [1.82, 2.24) is 9.71 Å². The molecule has 1 heterocycles. The third-order valence-corrected chi connectivity index (χ3v) is 5.82. The minimum Gasteiger partial charge on any atom is -0.261 e. The molecule has 1 atom stereocenters. The largest absolute Gasteiger partial charge is 0.289 e. The van der Waals surface area contributed by atoms with Crippen molar-refractivity contribution in [3.8, 4) is 0 Å². The predicted octanol–water partition coefficient (Wildman–Crippen LogP) is 3.42. The molecule has 1 aromatic carbocycles. The van der Waals surface area contributed by atoms with Gasteiger partial charge in [0, 0.05) is 29.9 Å². The van der Waals surface area contributed by atoms with E-state index in [0.717, 1.165) is 25.0 Å². The lowest BCUT2D eigenvalue weighted by Crippen LogP contribution is -2.39. The lowest BCUT2D eigenvalue weighted by molar-refractivity contribution is -0.387. The van der Waals surface area contributed by atoms with Gasteiger partial charge in [-0.2, -0.15) is 0 Å². The number of rotatable bonds is 9. The van der Waals surface area contributed by atoms with Crippen molar-refractivity contribution in [3.63, 3.8) is 0 Å². The number of benzene rings is 1. The summed E-state index contributed by atoms with van der Waals surface area (Å²) in [5.41, 5.74) is -0.153. The summed E-state index contributed by atoms with van der Waals surface area (Å²) in [4.78, 5) is 14.5. The zero-order valence-electron chi connectivity index (χ0n) is 14.9. The van der Waals surface area contributed by atoms with Crippen LogP contribution in [0.3, 0.4) is 0 Å². The van der Waals surface area contributed by atoms with Crippen molar-refractivity contribution < 1.29 is 13.3 Å². The maximum atomic E-state index is 12.7. The van der Waals surface area contributed by atoms with Gasteiger partial charge in [-0.3, -0.25) is 15.1 Å². The average Bonchev–Trinajstić information content (AvgIpc) is 2.65. The van der Waals surface area contributed by atoms with Crippen molar-refractivity contribution in [2.75, 3.05) is 6.54 Å². The van der Waals surface area contributed by atoms with Crippen molar-refractivity contribution in [2.24, 2.45) is 0 Å². The number of hydrogen-bond donors (Lipinski definition) is 1. The van der Waals surface area contributed by atoms with Gasteiger partial charge in [-0.15, -0.1) is 0 Å². The molecule has 0 aliphatic rings. The van der Waals surface area contributed by atoms with Crippen LogP contribution in [0.1, 0.15) is 38.8 Å². The van der Waals surface area contributed by atoms with E-state index in [0.29, 0.717) is 0 Å². The molecule has 2 aromatic rings. The molecule has 7 nitrogen and oxygen atoms in total. The van der Waals surface area contributed by atoms with Crippen LogP contribution >= 0.6 is 0 Å². The SMILES string of the molecule is CCCCC(C)(CNS(=O)(=O)c1ccccc1[N+](=O)[O-])c1ccccn1. The molecule has 0 saturated heterocycles. The van der Waals surface area contributed by atoms with Crippen LogP contribution < -0.4 is 4.72 Å². The molecular weight excluding hydrogens is 354 g/mol. The standard InChI is InChI=1S/C18H23N3O4S/c1-3-4-12-18(2,17-11-7-8-13-19-17)14-20-26(24,25)16-10-6-5-9-15(16)21(22)23/h5-11,13,20H,3-4,12,14H2,1-2H3. The van der Waals surface area contributed by atoms with Gasteiger partial charge in [0.15, 0.2) is 4.90 Å². The first-order valence-electron chi connectivity index (χ1n) is 8.45. The number of nitro benzene ring substituents is 1. The summed E-state index contributed by atoms with van der Waals surface area (Å²) in [5, 5.41) is 11.1. The minimum atomic E-state index is -4.02. The second kappa shape index (κ2) is 8.37. The van der Waals surface area contributed by atoms with Crippen LogP contribution in [0.2, 0.25) is 0 Å². The summed E-state index contributed by atoms with van der Waals surface area (Å²) in [6, 6.07) is 10.9. The summed E-state index contributed by atoms with van der Waals surface area (Å²) >= 11 is 0. The highest BCUT2D eigenvalue weighted by Gasteiger charge is 2.32. The Kier molecular flexibility index (Phi) is 6.44. The summed E-state index contributed by atoms with van der Waals surface area (Å²) in [7, 11) is -4.02. The molecule has 0 saturated carbocycles. The molecule has 1 N–H and O–H groups in total. The Hall–Kier alpha value is -2.32. The van der Waals surface area contributed by atoms with Crippen molar-refractivity contribution >= 4 is 15.7 Å². The van der Waals surface area contributed by atoms with Crippen LogP contribution in [-0.2, 0) is 15.4 Å². The normalized spacial score (nSPS) is 13.9. The van der Waals surface area contributed by atoms with Crippen LogP contribution in [0.5, 0.6) is 0 Å². The van der Waals surface area contributed by atoms with Gasteiger partial charge in [-0.1, -0.05) is 44.9 Å². The van der Waals surface area contributed by atoms with Gasteiger partial charge in [-0.05, 0) is 24.6 Å². The van der Waals surface area contributed by atoms with Gasteiger partial charge in [0.25, 0.3) is 5.69 Å². The Labute approximate surface area is 153 Å². The molecule has 0 amide bonds. The third kappa shape index (κ3) is 4.64. The highest BCUT2D eigenvalue weighted by Crippen LogP contribution is 2.29. The fourth-order valence-corrected chi connectivity index (χ4v) is 4.10. The number of hydrogen-bond acceptors (Lipinski definition) is 5. The molecule has 8 heteroatoms. The fourth-order valence-electron chi connectivity index (χ4n) is 2.76. The van der Waals surface area contributed by atoms with Gasteiger partial charge in [0.2, 0.25) is 10.0 Å². The lowest BCUT2D eigenvalue weighted by atomic mass is 9.81. The number of aromatic nitrogens is 1. The molecule has 140 valence electrons. The molecule has 0 fully saturated rings. The van der Waals surface area contributed by atoms with Crippen LogP contribution in [-0.4, -0.2) is 24.9 Å². The minimum absolute atomic E-state index is 0.110. The van der Waals surface area contributed by atoms with Crippen LogP contribution in [0.25, 0.3) is 0 Å². The van der Waals surface area contributed by atoms with E-state index in [2.05, 4.69) is 16.6 Å². The summed E-state index contributed by atoms with van der Waals surface area (Å²) in [6.45, 7) is 4.13. The van der Waals surface area contributed by atoms with E-state index in [1.807, 2.05) is 19.1 Å². The third-order valence-electron chi connectivity index (χ3n) is 4.37. The Bertz CT molecular complexity index is 856. The quantitative estimate of drug-likeness (QED) is 0.533. The first-order chi connectivity index (χ1) is 12.3. The molecule has 0 spiro atoms. The van der Waals surface area contributed by atoms with Crippen molar-refractivity contribution in [1.29, 1.82) is 0 Å². The van der Waals surface area contributed by atoms with E-state index in [1.165, 1.54) is 24.3 Å². The zero-order chi connectivity index (χ0) is 19.2. The Balaban J connectivity index is 2.29. The number of nitro groups is 1. The highest BCUT2D eigenvalue weighted by atomic mass is 32.2. The van der Waals surface area contributed by atoms with Gasteiger partial charge < -0.3 is 0 Å². The summed E-state index contributed by atoms with van der Waals surface area (Å²) in [5.74, 6) is 0. The molecule has 2 rings (SSSR count). The second-order valence-electron chi connectivity index (χ2n) is 6.43. The maximum Gasteiger partial charge on any atom is 0.289 e. The first kappa shape index (κ1) is 20.0. The number of sulfonamides is 1. The molecule has 0 aliphatic carbocycles. The molecule has 1 aromatic heterocycles. The van der Waals surface area contributed by atoms with Crippen LogP contribution in [0, 0.1) is 10.1 Å². The van der Waals surface area contributed by atoms with E-state index >= 15 is 0 Å². The fraction of sp³-hybridized carbons (Fsp3) is 0.389. The van der Waals surface area contributed by atoms with Gasteiger partial charge >= 0.3 is 0 Å². The lowest BCUT2D eigenvalue weighted by Gasteiger charge is -2.29. The first-order valence-corrected chi connectivity index (χ1v) is 9.93. The Morgan fingerprint density at radius 2 is 1.88 bits per heavy atom. The van der Waals surface area contributed by atoms with Gasteiger partial charge in [0.1, 0.15) is 0 Å². The number of nitrogens with one attached hydrogen (secondary N) is 1. The Morgan fingerprint density at radius 1 is 1.19 bits per heavy atom. The van der Waals surface area contributed by atoms with E-state index in [1.54, 1.807) is 12.3 Å². The summed E-state index contributed by atoms with van der Waals surface area (Å²) < 4.78 is 27.9. The van der Waals surface area contributed by atoms with E-state index in [-0.39, 0.29) is 11.4 Å². The van der Waals surface area contributed by atoms with Crippen LogP contribution in [0.15, 0.2) is 53.6 Å². The number of nitrogens with zero attached hydrogens (tertiary/aromatic N) is 2. The number of para-hydroxylation sites is 1. The topological polar surface area (TPSA) is 102 Å². The van der Waals surface area contributed by atoms with E-state index < -0.39 is 26.0 Å². The van der Waals surface area contributed by atoms with Crippen LogP contribution in [0.4, 0.5) is 5.69 Å². The Morgan fingerprint density at radius 3 is 2.50 bits per heavy atom. The molecule has 1 unspecified atom stereocenters. The summed E-state index contributed by atoms with van der Waals surface area (Å²) in [6.07, 6.45) is 4.32. The van der Waals surface area contributed by atoms with E-state index in [9.17, 15) is 18.5 Å². The van der Waals surface area contributed by atoms with Crippen molar-refractivity contribution in [3.05, 3.63) is 64.5 Å². The molecule has 0 radical (unpaired) electrons. The number of unbranched alkanes of at least 4 members (excludes halogenated alkanes) is 1. The maximum absolute atomic E-state index is 12.7. The van der Waals surface area contributed by atoms with Gasteiger partial charge in [-0.25, -0.2) is 13.1 Å². The molecule has 0 aliphatic heterocycles. The molecule has 26 heavy (non-hydrogen) atoms.